The molecule has 1 unspecified atom stereocenters. The summed E-state index contributed by atoms with van der Waals surface area (Å²) in [5.74, 6) is -0.0826. The number of nitriles is 1. The highest BCUT2D eigenvalue weighted by Crippen LogP contribution is 2.18. The lowest BCUT2D eigenvalue weighted by Crippen LogP contribution is -2.31. The molecule has 0 N–H and O–H groups in total. The van der Waals surface area contributed by atoms with Crippen molar-refractivity contribution in [3.8, 4) is 6.07 Å². The Balaban J connectivity index is 2.27. The van der Waals surface area contributed by atoms with E-state index in [0.717, 1.165) is 0 Å². The van der Waals surface area contributed by atoms with E-state index in [-0.39, 0.29) is 30.7 Å². The molecule has 1 aliphatic rings. The third kappa shape index (κ3) is 2.96. The number of hydrogen-bond acceptors (Lipinski definition) is 3. The molecule has 1 atom stereocenters. The first-order valence-corrected chi connectivity index (χ1v) is 5.60. The lowest BCUT2D eigenvalue weighted by atomic mass is 10.2. The summed E-state index contributed by atoms with van der Waals surface area (Å²) < 4.78 is 0. The van der Waals surface area contributed by atoms with Crippen molar-refractivity contribution in [2.24, 2.45) is 0 Å². The van der Waals surface area contributed by atoms with Crippen LogP contribution in [-0.2, 0) is 9.59 Å². The standard InChI is InChI=1S/C11H17N3O2/c1-3-13(4-2)10(15)5-6-11(16)14-8-9(14)7-12/h9H,3-6,8H2,1-2H3. The Kier molecular flexibility index (Phi) is 4.29. The second-order valence-corrected chi connectivity index (χ2v) is 3.76. The van der Waals surface area contributed by atoms with Crippen LogP contribution in [0.1, 0.15) is 26.7 Å². The molecule has 1 heterocycles. The van der Waals surface area contributed by atoms with E-state index in [2.05, 4.69) is 0 Å². The van der Waals surface area contributed by atoms with Gasteiger partial charge in [0.1, 0.15) is 6.04 Å². The van der Waals surface area contributed by atoms with Gasteiger partial charge in [-0.1, -0.05) is 0 Å². The minimum absolute atomic E-state index is 0.00806. The lowest BCUT2D eigenvalue weighted by Gasteiger charge is -2.18. The van der Waals surface area contributed by atoms with Gasteiger partial charge in [-0.05, 0) is 13.8 Å². The zero-order chi connectivity index (χ0) is 12.1. The van der Waals surface area contributed by atoms with Crippen LogP contribution in [0.5, 0.6) is 0 Å². The summed E-state index contributed by atoms with van der Waals surface area (Å²) in [6.45, 7) is 5.70. The highest BCUT2D eigenvalue weighted by Gasteiger charge is 2.38. The molecule has 1 rings (SSSR count). The molecule has 5 heteroatoms. The van der Waals surface area contributed by atoms with Crippen LogP contribution < -0.4 is 0 Å². The maximum atomic E-state index is 11.6. The van der Waals surface area contributed by atoms with Gasteiger partial charge in [0.2, 0.25) is 11.8 Å². The van der Waals surface area contributed by atoms with Crippen molar-refractivity contribution < 1.29 is 9.59 Å². The zero-order valence-corrected chi connectivity index (χ0v) is 9.77. The first-order valence-electron chi connectivity index (χ1n) is 5.60. The zero-order valence-electron chi connectivity index (χ0n) is 9.77. The first-order chi connectivity index (χ1) is 7.63. The van der Waals surface area contributed by atoms with Crippen LogP contribution in [0.2, 0.25) is 0 Å². The summed E-state index contributed by atoms with van der Waals surface area (Å²) in [4.78, 5) is 26.3. The van der Waals surface area contributed by atoms with Gasteiger partial charge in [0.25, 0.3) is 0 Å². The highest BCUT2D eigenvalue weighted by molar-refractivity contribution is 5.85. The Morgan fingerprint density at radius 3 is 2.44 bits per heavy atom. The molecule has 0 aliphatic carbocycles. The van der Waals surface area contributed by atoms with Gasteiger partial charge in [-0.25, -0.2) is 0 Å². The van der Waals surface area contributed by atoms with E-state index in [1.165, 1.54) is 4.90 Å². The van der Waals surface area contributed by atoms with Crippen molar-refractivity contribution in [2.45, 2.75) is 32.7 Å². The fraction of sp³-hybridized carbons (Fsp3) is 0.727. The molecule has 0 aromatic carbocycles. The summed E-state index contributed by atoms with van der Waals surface area (Å²) in [6, 6.07) is 1.76. The van der Waals surface area contributed by atoms with Crippen LogP contribution in [0.15, 0.2) is 0 Å². The van der Waals surface area contributed by atoms with E-state index in [1.807, 2.05) is 19.9 Å². The fourth-order valence-electron chi connectivity index (χ4n) is 1.62. The molecule has 88 valence electrons. The van der Waals surface area contributed by atoms with Crippen LogP contribution in [0.4, 0.5) is 0 Å². The lowest BCUT2D eigenvalue weighted by molar-refractivity contribution is -0.134. The minimum Gasteiger partial charge on any atom is -0.343 e. The van der Waals surface area contributed by atoms with Gasteiger partial charge in [-0.15, -0.1) is 0 Å². The van der Waals surface area contributed by atoms with Gasteiger partial charge in [0.15, 0.2) is 0 Å². The SMILES string of the molecule is CCN(CC)C(=O)CCC(=O)N1CC1C#N. The Bertz CT molecular complexity index is 318. The second kappa shape index (κ2) is 5.50. The third-order valence-electron chi connectivity index (χ3n) is 2.75. The fourth-order valence-corrected chi connectivity index (χ4v) is 1.62. The Labute approximate surface area is 95.6 Å². The number of rotatable bonds is 5. The van der Waals surface area contributed by atoms with E-state index in [4.69, 9.17) is 5.26 Å². The molecule has 0 radical (unpaired) electrons. The quantitative estimate of drug-likeness (QED) is 0.632. The van der Waals surface area contributed by atoms with Crippen molar-refractivity contribution in [3.05, 3.63) is 0 Å². The van der Waals surface area contributed by atoms with Gasteiger partial charge >= 0.3 is 0 Å². The number of hydrogen-bond donors (Lipinski definition) is 0. The normalized spacial score (nSPS) is 17.8. The minimum atomic E-state index is -0.254. The number of amides is 2. The molecular formula is C11H17N3O2. The maximum absolute atomic E-state index is 11.6. The Morgan fingerprint density at radius 1 is 1.38 bits per heavy atom. The molecule has 5 nitrogen and oxygen atoms in total. The van der Waals surface area contributed by atoms with Crippen LogP contribution in [0, 0.1) is 11.3 Å². The van der Waals surface area contributed by atoms with E-state index in [0.29, 0.717) is 19.6 Å². The average molecular weight is 223 g/mol. The smallest absolute Gasteiger partial charge is 0.224 e. The van der Waals surface area contributed by atoms with Crippen molar-refractivity contribution >= 4 is 11.8 Å². The Hall–Kier alpha value is -1.57. The molecule has 1 saturated heterocycles. The van der Waals surface area contributed by atoms with Gasteiger partial charge in [0, 0.05) is 25.9 Å². The Morgan fingerprint density at radius 2 is 2.00 bits per heavy atom. The molecule has 2 amide bonds. The number of carbonyl (C=O) groups excluding carboxylic acids is 2. The van der Waals surface area contributed by atoms with Crippen molar-refractivity contribution in [1.82, 2.24) is 9.80 Å². The predicted octanol–water partition coefficient (Wildman–Crippen LogP) is 0.369. The molecular weight excluding hydrogens is 206 g/mol. The molecule has 0 bridgehead atoms. The maximum Gasteiger partial charge on any atom is 0.224 e. The topological polar surface area (TPSA) is 64.2 Å². The average Bonchev–Trinajstić information content (AvgIpc) is 3.06. The van der Waals surface area contributed by atoms with E-state index in [9.17, 15) is 9.59 Å². The predicted molar refractivity (Wildman–Crippen MR) is 58.3 cm³/mol. The van der Waals surface area contributed by atoms with Gasteiger partial charge in [-0.2, -0.15) is 5.26 Å². The van der Waals surface area contributed by atoms with E-state index >= 15 is 0 Å². The summed E-state index contributed by atoms with van der Waals surface area (Å²) >= 11 is 0. The number of carbonyl (C=O) groups is 2. The van der Waals surface area contributed by atoms with Crippen LogP contribution in [0.25, 0.3) is 0 Å². The van der Waals surface area contributed by atoms with Crippen molar-refractivity contribution in [2.75, 3.05) is 19.6 Å². The van der Waals surface area contributed by atoms with Gasteiger partial charge in [-0.3, -0.25) is 9.59 Å². The van der Waals surface area contributed by atoms with Crippen LogP contribution in [-0.4, -0.2) is 47.3 Å². The molecule has 0 spiro atoms. The number of nitrogens with zero attached hydrogens (tertiary/aromatic N) is 3. The molecule has 0 aromatic heterocycles. The van der Waals surface area contributed by atoms with E-state index in [1.54, 1.807) is 4.90 Å². The highest BCUT2D eigenvalue weighted by atomic mass is 16.2. The summed E-state index contributed by atoms with van der Waals surface area (Å²) in [7, 11) is 0. The second-order valence-electron chi connectivity index (χ2n) is 3.76. The molecule has 1 fully saturated rings. The van der Waals surface area contributed by atoms with E-state index < -0.39 is 0 Å². The summed E-state index contributed by atoms with van der Waals surface area (Å²) in [6.07, 6.45) is 0.461. The monoisotopic (exact) mass is 223 g/mol. The van der Waals surface area contributed by atoms with Gasteiger partial charge < -0.3 is 9.80 Å². The molecule has 16 heavy (non-hydrogen) atoms. The third-order valence-corrected chi connectivity index (χ3v) is 2.75. The summed E-state index contributed by atoms with van der Waals surface area (Å²) in [5.41, 5.74) is 0. The van der Waals surface area contributed by atoms with Crippen LogP contribution in [0.3, 0.4) is 0 Å². The first kappa shape index (κ1) is 12.5. The van der Waals surface area contributed by atoms with Crippen molar-refractivity contribution in [1.29, 1.82) is 5.26 Å². The largest absolute Gasteiger partial charge is 0.343 e. The molecule has 0 aromatic rings. The van der Waals surface area contributed by atoms with Crippen molar-refractivity contribution in [3.63, 3.8) is 0 Å². The summed E-state index contributed by atoms with van der Waals surface area (Å²) in [5, 5.41) is 8.55. The van der Waals surface area contributed by atoms with Gasteiger partial charge in [0.05, 0.1) is 12.6 Å². The molecule has 1 aliphatic heterocycles. The van der Waals surface area contributed by atoms with Crippen LogP contribution >= 0.6 is 0 Å². The molecule has 0 saturated carbocycles.